The number of nitrogens with zero attached hydrogens (tertiary/aromatic N) is 6. The van der Waals surface area contributed by atoms with E-state index in [1.165, 1.54) is 11.8 Å². The molecule has 0 aliphatic rings. The van der Waals surface area contributed by atoms with E-state index in [0.29, 0.717) is 28.2 Å². The number of nitrogens with one attached hydrogen (secondary N) is 1. The second-order valence-electron chi connectivity index (χ2n) is 4.13. The molecule has 0 aliphatic heterocycles. The van der Waals surface area contributed by atoms with Crippen molar-refractivity contribution < 1.29 is 4.42 Å². The highest BCUT2D eigenvalue weighted by molar-refractivity contribution is 7.98. The van der Waals surface area contributed by atoms with E-state index >= 15 is 0 Å². The molecule has 0 saturated heterocycles. The molecule has 2 aromatic heterocycles. The van der Waals surface area contributed by atoms with E-state index in [4.69, 9.17) is 4.42 Å². The lowest BCUT2D eigenvalue weighted by atomic mass is 10.5. The molecule has 0 aliphatic carbocycles. The Kier molecular flexibility index (Phi) is 5.32. The molecule has 2 heterocycles. The number of anilines is 2. The van der Waals surface area contributed by atoms with E-state index < -0.39 is 0 Å². The second kappa shape index (κ2) is 7.21. The van der Waals surface area contributed by atoms with Crippen molar-refractivity contribution in [3.05, 3.63) is 5.89 Å². The molecule has 2 rings (SSSR count). The largest absolute Gasteiger partial charge is 0.416 e. The van der Waals surface area contributed by atoms with Crippen LogP contribution in [-0.2, 0) is 0 Å². The lowest BCUT2D eigenvalue weighted by molar-refractivity contribution is 0.429. The fourth-order valence-corrected chi connectivity index (χ4v) is 2.33. The van der Waals surface area contributed by atoms with Gasteiger partial charge in [-0.1, -0.05) is 0 Å². The molecular weight excluding hydrogens is 290 g/mol. The number of aryl methyl sites for hydroxylation is 1. The Morgan fingerprint density at radius 2 is 1.86 bits per heavy atom. The fraction of sp³-hybridized carbons (Fsp3) is 0.583. The minimum absolute atomic E-state index is 0.423. The summed E-state index contributed by atoms with van der Waals surface area (Å²) >= 11 is 1.23. The highest BCUT2D eigenvalue weighted by Gasteiger charge is 2.14. The molecule has 0 bridgehead atoms. The predicted octanol–water partition coefficient (Wildman–Crippen LogP) is 1.99. The summed E-state index contributed by atoms with van der Waals surface area (Å²) in [4.78, 5) is 15.3. The monoisotopic (exact) mass is 309 g/mol. The SMILES string of the molecule is CCNc1nc(Sc2nnc(C)o2)nc(N(CC)CC)n1. The molecule has 0 aromatic carbocycles. The lowest BCUT2D eigenvalue weighted by Crippen LogP contribution is -2.25. The molecule has 0 radical (unpaired) electrons. The van der Waals surface area contributed by atoms with Crippen LogP contribution in [0.1, 0.15) is 26.7 Å². The number of hydrogen-bond acceptors (Lipinski definition) is 9. The van der Waals surface area contributed by atoms with Crippen LogP contribution in [0.15, 0.2) is 14.8 Å². The van der Waals surface area contributed by atoms with Crippen molar-refractivity contribution in [1.29, 1.82) is 0 Å². The summed E-state index contributed by atoms with van der Waals surface area (Å²) in [6.45, 7) is 10.3. The Morgan fingerprint density at radius 3 is 2.43 bits per heavy atom. The van der Waals surface area contributed by atoms with Gasteiger partial charge in [0.05, 0.1) is 0 Å². The third-order valence-corrected chi connectivity index (χ3v) is 3.38. The minimum atomic E-state index is 0.423. The van der Waals surface area contributed by atoms with Gasteiger partial charge in [-0.05, 0) is 20.8 Å². The molecule has 0 amide bonds. The molecule has 1 N–H and O–H groups in total. The van der Waals surface area contributed by atoms with Gasteiger partial charge in [-0.15, -0.1) is 10.2 Å². The van der Waals surface area contributed by atoms with Crippen LogP contribution in [0.5, 0.6) is 0 Å². The minimum Gasteiger partial charge on any atom is -0.416 e. The quantitative estimate of drug-likeness (QED) is 0.824. The molecular formula is C12H19N7OS. The zero-order valence-corrected chi connectivity index (χ0v) is 13.4. The number of aromatic nitrogens is 5. The van der Waals surface area contributed by atoms with E-state index in [1.807, 2.05) is 6.92 Å². The van der Waals surface area contributed by atoms with Gasteiger partial charge in [0.2, 0.25) is 22.9 Å². The maximum atomic E-state index is 5.35. The molecule has 114 valence electrons. The van der Waals surface area contributed by atoms with Crippen LogP contribution in [0.4, 0.5) is 11.9 Å². The summed E-state index contributed by atoms with van der Waals surface area (Å²) in [5.41, 5.74) is 0. The molecule has 21 heavy (non-hydrogen) atoms. The molecule has 9 heteroatoms. The van der Waals surface area contributed by atoms with Crippen LogP contribution in [0, 0.1) is 6.92 Å². The van der Waals surface area contributed by atoms with Gasteiger partial charge in [-0.2, -0.15) is 15.0 Å². The van der Waals surface area contributed by atoms with E-state index in [-0.39, 0.29) is 0 Å². The topological polar surface area (TPSA) is 92.9 Å². The van der Waals surface area contributed by atoms with E-state index in [0.717, 1.165) is 19.6 Å². The smallest absolute Gasteiger partial charge is 0.284 e. The third kappa shape index (κ3) is 4.03. The average molecular weight is 309 g/mol. The summed E-state index contributed by atoms with van der Waals surface area (Å²) in [5, 5.41) is 11.8. The normalized spacial score (nSPS) is 10.7. The van der Waals surface area contributed by atoms with E-state index in [1.54, 1.807) is 6.92 Å². The summed E-state index contributed by atoms with van der Waals surface area (Å²) in [6, 6.07) is 0. The maximum Gasteiger partial charge on any atom is 0.284 e. The zero-order valence-electron chi connectivity index (χ0n) is 12.6. The Balaban J connectivity index is 2.30. The molecule has 2 aromatic rings. The lowest BCUT2D eigenvalue weighted by Gasteiger charge is -2.19. The summed E-state index contributed by atoms with van der Waals surface area (Å²) in [5.74, 6) is 1.71. The highest BCUT2D eigenvalue weighted by atomic mass is 32.2. The third-order valence-electron chi connectivity index (χ3n) is 2.67. The molecule has 0 spiro atoms. The van der Waals surface area contributed by atoms with Crippen molar-refractivity contribution in [1.82, 2.24) is 25.1 Å². The Bertz CT molecular complexity index is 585. The van der Waals surface area contributed by atoms with Crippen LogP contribution in [0.3, 0.4) is 0 Å². The Hall–Kier alpha value is -1.90. The van der Waals surface area contributed by atoms with Gasteiger partial charge in [0.15, 0.2) is 0 Å². The summed E-state index contributed by atoms with van der Waals surface area (Å²) in [7, 11) is 0. The van der Waals surface area contributed by atoms with Crippen LogP contribution in [0.25, 0.3) is 0 Å². The van der Waals surface area contributed by atoms with Gasteiger partial charge in [-0.25, -0.2) is 0 Å². The Morgan fingerprint density at radius 1 is 1.10 bits per heavy atom. The average Bonchev–Trinajstić information content (AvgIpc) is 2.86. The van der Waals surface area contributed by atoms with Gasteiger partial charge in [-0.3, -0.25) is 0 Å². The van der Waals surface area contributed by atoms with E-state index in [9.17, 15) is 0 Å². The van der Waals surface area contributed by atoms with Gasteiger partial charge >= 0.3 is 0 Å². The van der Waals surface area contributed by atoms with Crippen molar-refractivity contribution in [2.45, 2.75) is 38.1 Å². The van der Waals surface area contributed by atoms with Crippen molar-refractivity contribution in [3.63, 3.8) is 0 Å². The molecule has 0 fully saturated rings. The van der Waals surface area contributed by atoms with Crippen molar-refractivity contribution in [3.8, 4) is 0 Å². The standard InChI is InChI=1S/C12H19N7OS/c1-5-13-9-14-10(19(6-2)7-3)16-11(15-9)21-12-18-17-8(4)20-12/h5-7H2,1-4H3,(H,13,14,15,16). The second-order valence-corrected chi connectivity index (χ2v) is 5.05. The summed E-state index contributed by atoms with van der Waals surface area (Å²) < 4.78 is 5.35. The maximum absolute atomic E-state index is 5.35. The number of rotatable bonds is 7. The summed E-state index contributed by atoms with van der Waals surface area (Å²) in [6.07, 6.45) is 0. The number of hydrogen-bond donors (Lipinski definition) is 1. The first-order valence-corrected chi connectivity index (χ1v) is 7.70. The highest BCUT2D eigenvalue weighted by Crippen LogP contribution is 2.25. The van der Waals surface area contributed by atoms with Crippen molar-refractivity contribution >= 4 is 23.7 Å². The van der Waals surface area contributed by atoms with Gasteiger partial charge < -0.3 is 14.6 Å². The van der Waals surface area contributed by atoms with Crippen LogP contribution in [-0.4, -0.2) is 44.8 Å². The van der Waals surface area contributed by atoms with E-state index in [2.05, 4.69) is 49.2 Å². The van der Waals surface area contributed by atoms with Crippen molar-refractivity contribution in [2.75, 3.05) is 29.9 Å². The van der Waals surface area contributed by atoms with Crippen LogP contribution in [0.2, 0.25) is 0 Å². The first-order chi connectivity index (χ1) is 10.2. The van der Waals surface area contributed by atoms with Crippen LogP contribution < -0.4 is 10.2 Å². The van der Waals surface area contributed by atoms with Crippen LogP contribution >= 0.6 is 11.8 Å². The van der Waals surface area contributed by atoms with Gasteiger partial charge in [0, 0.05) is 38.3 Å². The molecule has 0 unspecified atom stereocenters. The first kappa shape index (κ1) is 15.5. The molecule has 0 atom stereocenters. The molecule has 0 saturated carbocycles. The zero-order chi connectivity index (χ0) is 15.2. The van der Waals surface area contributed by atoms with Crippen molar-refractivity contribution in [2.24, 2.45) is 0 Å². The first-order valence-electron chi connectivity index (χ1n) is 6.89. The fourth-order valence-electron chi connectivity index (χ4n) is 1.67. The Labute approximate surface area is 127 Å². The van der Waals surface area contributed by atoms with Gasteiger partial charge in [0.25, 0.3) is 5.22 Å². The molecule has 8 nitrogen and oxygen atoms in total. The predicted molar refractivity (Wildman–Crippen MR) is 80.7 cm³/mol. The van der Waals surface area contributed by atoms with Gasteiger partial charge in [0.1, 0.15) is 0 Å².